The fourth-order valence-electron chi connectivity index (χ4n) is 2.01. The van der Waals surface area contributed by atoms with Crippen LogP contribution in [0.2, 0.25) is 0 Å². The van der Waals surface area contributed by atoms with Crippen LogP contribution in [0.4, 0.5) is 4.79 Å². The maximum Gasteiger partial charge on any atom is 0.407 e. The molecular weight excluding hydrogens is 386 g/mol. The molecule has 2 rings (SSSR count). The van der Waals surface area contributed by atoms with E-state index in [-0.39, 0.29) is 12.6 Å². The lowest BCUT2D eigenvalue weighted by atomic mass is 10.1. The quantitative estimate of drug-likeness (QED) is 0.734. The molecule has 0 atom stereocenters. The summed E-state index contributed by atoms with van der Waals surface area (Å²) in [5.41, 5.74) is 2.28. The maximum atomic E-state index is 11.6. The lowest BCUT2D eigenvalue weighted by Crippen LogP contribution is -2.24. The number of methoxy groups -OCH3 is 1. The van der Waals surface area contributed by atoms with E-state index in [1.807, 2.05) is 36.4 Å². The normalized spacial score (nSPS) is 10.5. The number of carbonyl (C=O) groups is 2. The van der Waals surface area contributed by atoms with Crippen molar-refractivity contribution < 1.29 is 19.1 Å². The van der Waals surface area contributed by atoms with Gasteiger partial charge in [0.1, 0.15) is 6.61 Å². The SMILES string of the molecule is COC(=O)c1ccc(C=CCNC(=O)OCc2ccccc2)c(Br)c1. The van der Waals surface area contributed by atoms with Gasteiger partial charge in [-0.2, -0.15) is 0 Å². The van der Waals surface area contributed by atoms with Crippen molar-refractivity contribution in [3.05, 3.63) is 75.8 Å². The summed E-state index contributed by atoms with van der Waals surface area (Å²) in [6.45, 7) is 0.565. The zero-order valence-electron chi connectivity index (χ0n) is 13.7. The van der Waals surface area contributed by atoms with Crippen molar-refractivity contribution in [3.8, 4) is 0 Å². The number of carbonyl (C=O) groups excluding carboxylic acids is 2. The van der Waals surface area contributed by atoms with Crippen molar-refractivity contribution in [2.24, 2.45) is 0 Å². The lowest BCUT2D eigenvalue weighted by molar-refractivity contribution is 0.0600. The monoisotopic (exact) mass is 403 g/mol. The number of ether oxygens (including phenoxy) is 2. The van der Waals surface area contributed by atoms with Gasteiger partial charge in [0.2, 0.25) is 0 Å². The third-order valence-electron chi connectivity index (χ3n) is 3.30. The van der Waals surface area contributed by atoms with E-state index in [2.05, 4.69) is 26.0 Å². The molecule has 0 radical (unpaired) electrons. The van der Waals surface area contributed by atoms with Crippen molar-refractivity contribution >= 4 is 34.1 Å². The molecule has 0 aromatic heterocycles. The van der Waals surface area contributed by atoms with Gasteiger partial charge < -0.3 is 14.8 Å². The summed E-state index contributed by atoms with van der Waals surface area (Å²) in [5, 5.41) is 2.64. The van der Waals surface area contributed by atoms with Gasteiger partial charge in [-0.05, 0) is 23.3 Å². The molecule has 0 fully saturated rings. The number of rotatable bonds is 6. The smallest absolute Gasteiger partial charge is 0.407 e. The van der Waals surface area contributed by atoms with Gasteiger partial charge in [-0.3, -0.25) is 0 Å². The summed E-state index contributed by atoms with van der Waals surface area (Å²) in [6, 6.07) is 14.6. The molecule has 0 unspecified atom stereocenters. The van der Waals surface area contributed by atoms with Gasteiger partial charge in [-0.1, -0.05) is 64.5 Å². The first-order valence-electron chi connectivity index (χ1n) is 7.59. The van der Waals surface area contributed by atoms with E-state index >= 15 is 0 Å². The van der Waals surface area contributed by atoms with E-state index in [0.717, 1.165) is 15.6 Å². The van der Waals surface area contributed by atoms with Gasteiger partial charge in [-0.15, -0.1) is 0 Å². The number of benzene rings is 2. The van der Waals surface area contributed by atoms with E-state index < -0.39 is 6.09 Å². The minimum absolute atomic E-state index is 0.233. The largest absolute Gasteiger partial charge is 0.465 e. The fourth-order valence-corrected chi connectivity index (χ4v) is 2.52. The van der Waals surface area contributed by atoms with Crippen LogP contribution in [0.15, 0.2) is 59.1 Å². The predicted molar refractivity (Wildman–Crippen MR) is 99.1 cm³/mol. The minimum atomic E-state index is -0.478. The van der Waals surface area contributed by atoms with Crippen LogP contribution in [-0.2, 0) is 16.1 Å². The van der Waals surface area contributed by atoms with Gasteiger partial charge in [-0.25, -0.2) is 9.59 Å². The van der Waals surface area contributed by atoms with Crippen molar-refractivity contribution in [1.82, 2.24) is 5.32 Å². The first kappa shape index (κ1) is 18.7. The number of nitrogens with one attached hydrogen (secondary N) is 1. The maximum absolute atomic E-state index is 11.6. The van der Waals surface area contributed by atoms with Crippen molar-refractivity contribution in [2.75, 3.05) is 13.7 Å². The zero-order valence-corrected chi connectivity index (χ0v) is 15.3. The molecule has 0 saturated heterocycles. The van der Waals surface area contributed by atoms with Gasteiger partial charge in [0.25, 0.3) is 0 Å². The third kappa shape index (κ3) is 6.08. The van der Waals surface area contributed by atoms with Crippen LogP contribution in [0, 0.1) is 0 Å². The number of esters is 1. The Morgan fingerprint density at radius 2 is 1.92 bits per heavy atom. The number of halogens is 1. The van der Waals surface area contributed by atoms with Crippen LogP contribution >= 0.6 is 15.9 Å². The van der Waals surface area contributed by atoms with E-state index in [1.54, 1.807) is 24.3 Å². The fraction of sp³-hybridized carbons (Fsp3) is 0.158. The van der Waals surface area contributed by atoms with E-state index in [4.69, 9.17) is 4.74 Å². The molecule has 0 spiro atoms. The predicted octanol–water partition coefficient (Wildman–Crippen LogP) is 4.18. The molecule has 0 aliphatic rings. The molecule has 2 aromatic rings. The first-order chi connectivity index (χ1) is 12.1. The van der Waals surface area contributed by atoms with Crippen LogP contribution in [0.1, 0.15) is 21.5 Å². The molecule has 1 N–H and O–H groups in total. The van der Waals surface area contributed by atoms with E-state index in [9.17, 15) is 9.59 Å². The highest BCUT2D eigenvalue weighted by atomic mass is 79.9. The van der Waals surface area contributed by atoms with Crippen LogP contribution in [0.3, 0.4) is 0 Å². The molecule has 0 bridgehead atoms. The molecule has 0 heterocycles. The topological polar surface area (TPSA) is 64.6 Å². The lowest BCUT2D eigenvalue weighted by Gasteiger charge is -2.05. The van der Waals surface area contributed by atoms with Gasteiger partial charge >= 0.3 is 12.1 Å². The van der Waals surface area contributed by atoms with Crippen LogP contribution in [0.25, 0.3) is 6.08 Å². The molecule has 2 aromatic carbocycles. The summed E-state index contributed by atoms with van der Waals surface area (Å²) in [5.74, 6) is -0.390. The summed E-state index contributed by atoms with van der Waals surface area (Å²) in [4.78, 5) is 23.1. The van der Waals surface area contributed by atoms with Crippen molar-refractivity contribution in [2.45, 2.75) is 6.61 Å². The summed E-state index contributed by atoms with van der Waals surface area (Å²) in [7, 11) is 1.34. The molecule has 130 valence electrons. The Kier molecular flexibility index (Phi) is 7.22. The minimum Gasteiger partial charge on any atom is -0.465 e. The molecule has 0 aliphatic heterocycles. The van der Waals surface area contributed by atoms with E-state index in [1.165, 1.54) is 7.11 Å². The second kappa shape index (κ2) is 9.64. The van der Waals surface area contributed by atoms with Gasteiger partial charge in [0.05, 0.1) is 12.7 Å². The second-order valence-electron chi connectivity index (χ2n) is 5.07. The van der Waals surface area contributed by atoms with Crippen LogP contribution in [0.5, 0.6) is 0 Å². The first-order valence-corrected chi connectivity index (χ1v) is 8.38. The molecule has 6 heteroatoms. The second-order valence-corrected chi connectivity index (χ2v) is 5.93. The molecule has 5 nitrogen and oxygen atoms in total. The number of amides is 1. The average Bonchev–Trinajstić information content (AvgIpc) is 2.64. The highest BCUT2D eigenvalue weighted by molar-refractivity contribution is 9.10. The van der Waals surface area contributed by atoms with E-state index in [0.29, 0.717) is 12.1 Å². The molecule has 0 saturated carbocycles. The number of alkyl carbamates (subject to hydrolysis) is 1. The zero-order chi connectivity index (χ0) is 18.1. The summed E-state index contributed by atoms with van der Waals surface area (Å²) < 4.78 is 10.5. The van der Waals surface area contributed by atoms with Gasteiger partial charge in [0.15, 0.2) is 0 Å². The highest BCUT2D eigenvalue weighted by Crippen LogP contribution is 2.20. The Balaban J connectivity index is 1.79. The Labute approximate surface area is 154 Å². The molecule has 1 amide bonds. The average molecular weight is 404 g/mol. The summed E-state index contributed by atoms with van der Waals surface area (Å²) in [6.07, 6.45) is 3.15. The molecule has 25 heavy (non-hydrogen) atoms. The Morgan fingerprint density at radius 1 is 1.16 bits per heavy atom. The molecular formula is C19H18BrNO4. The van der Waals surface area contributed by atoms with Crippen molar-refractivity contribution in [3.63, 3.8) is 0 Å². The number of hydrogen-bond acceptors (Lipinski definition) is 4. The Bertz CT molecular complexity index is 759. The van der Waals surface area contributed by atoms with Crippen LogP contribution in [-0.4, -0.2) is 25.7 Å². The van der Waals surface area contributed by atoms with Crippen LogP contribution < -0.4 is 5.32 Å². The third-order valence-corrected chi connectivity index (χ3v) is 3.98. The summed E-state index contributed by atoms with van der Waals surface area (Å²) >= 11 is 3.41. The molecule has 0 aliphatic carbocycles. The number of hydrogen-bond donors (Lipinski definition) is 1. The Morgan fingerprint density at radius 3 is 2.60 bits per heavy atom. The van der Waals surface area contributed by atoms with Gasteiger partial charge in [0, 0.05) is 11.0 Å². The van der Waals surface area contributed by atoms with Crippen molar-refractivity contribution in [1.29, 1.82) is 0 Å². The highest BCUT2D eigenvalue weighted by Gasteiger charge is 2.07. The Hall–Kier alpha value is -2.60. The standard InChI is InChI=1S/C19H18BrNO4/c1-24-18(22)16-10-9-15(17(20)12-16)8-5-11-21-19(23)25-13-14-6-3-2-4-7-14/h2-10,12H,11,13H2,1H3,(H,21,23).